The molecule has 0 radical (unpaired) electrons. The van der Waals surface area contributed by atoms with Crippen molar-refractivity contribution in [3.05, 3.63) is 40.3 Å². The number of nitro groups is 1. The molecular weight excluding hydrogens is 194 g/mol. The van der Waals surface area contributed by atoms with Gasteiger partial charge in [0.1, 0.15) is 5.65 Å². The zero-order chi connectivity index (χ0) is 10.4. The minimum atomic E-state index is -0.356. The number of imidazole rings is 1. The van der Waals surface area contributed by atoms with Crippen LogP contribution < -0.4 is 0 Å². The maximum absolute atomic E-state index is 10.7. The first-order valence-electron chi connectivity index (χ1n) is 4.87. The van der Waals surface area contributed by atoms with E-state index < -0.39 is 0 Å². The molecule has 0 saturated heterocycles. The van der Waals surface area contributed by atoms with Crippen LogP contribution in [0.5, 0.6) is 0 Å². The van der Waals surface area contributed by atoms with Gasteiger partial charge in [0.05, 0.1) is 11.1 Å². The molecule has 0 atom stereocenters. The number of aromatic nitrogens is 2. The summed E-state index contributed by atoms with van der Waals surface area (Å²) in [6, 6.07) is 1.65. The molecule has 1 saturated carbocycles. The maximum atomic E-state index is 10.7. The van der Waals surface area contributed by atoms with Crippen molar-refractivity contribution in [1.29, 1.82) is 0 Å². The van der Waals surface area contributed by atoms with Crippen LogP contribution in [0.15, 0.2) is 24.7 Å². The summed E-state index contributed by atoms with van der Waals surface area (Å²) in [6.45, 7) is 0. The molecule has 2 heterocycles. The molecule has 0 bridgehead atoms. The summed E-state index contributed by atoms with van der Waals surface area (Å²) in [5.41, 5.74) is 2.00. The predicted octanol–water partition coefficient (Wildman–Crippen LogP) is 2.12. The molecule has 2 aromatic rings. The van der Waals surface area contributed by atoms with Gasteiger partial charge >= 0.3 is 0 Å². The van der Waals surface area contributed by atoms with E-state index in [2.05, 4.69) is 4.98 Å². The number of nitrogens with zero attached hydrogens (tertiary/aromatic N) is 3. The third-order valence-corrected chi connectivity index (χ3v) is 2.73. The lowest BCUT2D eigenvalue weighted by molar-refractivity contribution is -0.385. The van der Waals surface area contributed by atoms with E-state index in [1.54, 1.807) is 22.9 Å². The lowest BCUT2D eigenvalue weighted by Crippen LogP contribution is -1.96. The minimum Gasteiger partial charge on any atom is -0.300 e. The minimum absolute atomic E-state index is 0.141. The Morgan fingerprint density at radius 3 is 3.00 bits per heavy atom. The molecule has 0 aromatic carbocycles. The molecular formula is C10H9N3O2. The fourth-order valence-electron chi connectivity index (χ4n) is 1.84. The van der Waals surface area contributed by atoms with Gasteiger partial charge in [0, 0.05) is 24.0 Å². The molecule has 3 rings (SSSR count). The normalized spacial score (nSPS) is 15.7. The van der Waals surface area contributed by atoms with Crippen LogP contribution in [0.4, 0.5) is 5.69 Å². The highest BCUT2D eigenvalue weighted by Gasteiger charge is 2.28. The van der Waals surface area contributed by atoms with Crippen molar-refractivity contribution >= 4 is 11.3 Å². The van der Waals surface area contributed by atoms with Gasteiger partial charge in [-0.25, -0.2) is 4.98 Å². The number of rotatable bonds is 2. The largest absolute Gasteiger partial charge is 0.300 e. The summed E-state index contributed by atoms with van der Waals surface area (Å²) in [7, 11) is 0. The Kier molecular flexibility index (Phi) is 1.56. The summed E-state index contributed by atoms with van der Waals surface area (Å²) in [6.07, 6.45) is 7.15. The van der Waals surface area contributed by atoms with E-state index in [0.717, 1.165) is 24.1 Å². The van der Waals surface area contributed by atoms with E-state index in [0.29, 0.717) is 5.92 Å². The van der Waals surface area contributed by atoms with Gasteiger partial charge < -0.3 is 0 Å². The quantitative estimate of drug-likeness (QED) is 0.554. The molecule has 0 spiro atoms. The van der Waals surface area contributed by atoms with E-state index in [-0.39, 0.29) is 10.6 Å². The maximum Gasteiger partial charge on any atom is 0.286 e. The average molecular weight is 203 g/mol. The highest BCUT2D eigenvalue weighted by molar-refractivity contribution is 5.55. The van der Waals surface area contributed by atoms with Gasteiger partial charge in [0.25, 0.3) is 5.69 Å². The predicted molar refractivity (Wildman–Crippen MR) is 53.8 cm³/mol. The van der Waals surface area contributed by atoms with Crippen LogP contribution in [0.3, 0.4) is 0 Å². The fourth-order valence-corrected chi connectivity index (χ4v) is 1.84. The molecule has 5 heteroatoms. The van der Waals surface area contributed by atoms with Crippen molar-refractivity contribution in [1.82, 2.24) is 9.38 Å². The SMILES string of the molecule is O=[N+]([O-])c1cc(C2CC2)c2nccn2c1. The first-order chi connectivity index (χ1) is 7.25. The third kappa shape index (κ3) is 1.27. The Morgan fingerprint density at radius 2 is 2.33 bits per heavy atom. The van der Waals surface area contributed by atoms with E-state index >= 15 is 0 Å². The topological polar surface area (TPSA) is 60.4 Å². The van der Waals surface area contributed by atoms with Gasteiger partial charge in [-0.2, -0.15) is 0 Å². The molecule has 0 unspecified atom stereocenters. The van der Waals surface area contributed by atoms with E-state index in [9.17, 15) is 10.1 Å². The lowest BCUT2D eigenvalue weighted by atomic mass is 10.1. The van der Waals surface area contributed by atoms with Crippen LogP contribution >= 0.6 is 0 Å². The molecule has 1 fully saturated rings. The van der Waals surface area contributed by atoms with Gasteiger partial charge in [-0.15, -0.1) is 0 Å². The highest BCUT2D eigenvalue weighted by Crippen LogP contribution is 2.42. The van der Waals surface area contributed by atoms with Crippen molar-refractivity contribution < 1.29 is 4.92 Å². The Bertz CT molecular complexity index is 543. The van der Waals surface area contributed by atoms with Gasteiger partial charge in [-0.1, -0.05) is 0 Å². The number of hydrogen-bond acceptors (Lipinski definition) is 3. The van der Waals surface area contributed by atoms with Crippen LogP contribution in [0.25, 0.3) is 5.65 Å². The van der Waals surface area contributed by atoms with Crippen LogP contribution in [0, 0.1) is 10.1 Å². The number of hydrogen-bond donors (Lipinski definition) is 0. The van der Waals surface area contributed by atoms with Gasteiger partial charge in [0.2, 0.25) is 0 Å². The van der Waals surface area contributed by atoms with Gasteiger partial charge in [-0.3, -0.25) is 14.5 Å². The molecule has 1 aliphatic carbocycles. The Labute approximate surface area is 85.5 Å². The lowest BCUT2D eigenvalue weighted by Gasteiger charge is -2.01. The molecule has 76 valence electrons. The van der Waals surface area contributed by atoms with Gasteiger partial charge in [-0.05, 0) is 18.8 Å². The monoisotopic (exact) mass is 203 g/mol. The fraction of sp³-hybridized carbons (Fsp3) is 0.300. The van der Waals surface area contributed by atoms with Crippen molar-refractivity contribution in [2.75, 3.05) is 0 Å². The van der Waals surface area contributed by atoms with Crippen LogP contribution in [-0.2, 0) is 0 Å². The standard InChI is InChI=1S/C10H9N3O2/c14-13(15)8-5-9(7-1-2-7)10-11-3-4-12(10)6-8/h3-7H,1-2H2. The van der Waals surface area contributed by atoms with E-state index in [1.165, 1.54) is 6.20 Å². The third-order valence-electron chi connectivity index (χ3n) is 2.73. The second-order valence-electron chi connectivity index (χ2n) is 3.84. The molecule has 2 aromatic heterocycles. The summed E-state index contributed by atoms with van der Waals surface area (Å²) in [5, 5.41) is 10.7. The Hall–Kier alpha value is -1.91. The van der Waals surface area contributed by atoms with Crippen LogP contribution in [0.1, 0.15) is 24.3 Å². The van der Waals surface area contributed by atoms with Crippen molar-refractivity contribution in [2.45, 2.75) is 18.8 Å². The van der Waals surface area contributed by atoms with Crippen LogP contribution in [0.2, 0.25) is 0 Å². The second-order valence-corrected chi connectivity index (χ2v) is 3.84. The second kappa shape index (κ2) is 2.79. The molecule has 1 aliphatic rings. The number of pyridine rings is 1. The van der Waals surface area contributed by atoms with Crippen molar-refractivity contribution in [3.8, 4) is 0 Å². The summed E-state index contributed by atoms with van der Waals surface area (Å²) < 4.78 is 1.73. The highest BCUT2D eigenvalue weighted by atomic mass is 16.6. The molecule has 0 amide bonds. The van der Waals surface area contributed by atoms with Crippen molar-refractivity contribution in [3.63, 3.8) is 0 Å². The smallest absolute Gasteiger partial charge is 0.286 e. The zero-order valence-electron chi connectivity index (χ0n) is 7.96. The summed E-state index contributed by atoms with van der Waals surface area (Å²) in [4.78, 5) is 14.6. The average Bonchev–Trinajstić information content (AvgIpc) is 2.94. The Morgan fingerprint density at radius 1 is 1.53 bits per heavy atom. The van der Waals surface area contributed by atoms with Crippen molar-refractivity contribution in [2.24, 2.45) is 0 Å². The first-order valence-corrected chi connectivity index (χ1v) is 4.87. The summed E-state index contributed by atoms with van der Waals surface area (Å²) in [5.74, 6) is 0.467. The zero-order valence-corrected chi connectivity index (χ0v) is 7.96. The van der Waals surface area contributed by atoms with Gasteiger partial charge in [0.15, 0.2) is 0 Å². The molecule has 15 heavy (non-hydrogen) atoms. The van der Waals surface area contributed by atoms with Crippen LogP contribution in [-0.4, -0.2) is 14.3 Å². The number of fused-ring (bicyclic) bond motifs is 1. The molecule has 0 N–H and O–H groups in total. The Balaban J connectivity index is 2.28. The first kappa shape index (κ1) is 8.40. The molecule has 5 nitrogen and oxygen atoms in total. The molecule has 0 aliphatic heterocycles. The summed E-state index contributed by atoms with van der Waals surface area (Å²) >= 11 is 0. The van der Waals surface area contributed by atoms with E-state index in [4.69, 9.17) is 0 Å². The van der Waals surface area contributed by atoms with E-state index in [1.807, 2.05) is 0 Å².